The number of fused-ring (bicyclic) bond motifs is 1. The number of amides is 2. The van der Waals surface area contributed by atoms with E-state index < -0.39 is 18.0 Å². The summed E-state index contributed by atoms with van der Waals surface area (Å²) in [6, 6.07) is 6.50. The molecule has 1 heterocycles. The Balaban J connectivity index is 1.87. The van der Waals surface area contributed by atoms with Crippen LogP contribution in [0.5, 0.6) is 0 Å². The first-order valence-electron chi connectivity index (χ1n) is 8.60. The predicted octanol–water partition coefficient (Wildman–Crippen LogP) is 1.92. The summed E-state index contributed by atoms with van der Waals surface area (Å²) in [6.07, 6.45) is 2.31. The molecule has 26 heavy (non-hydrogen) atoms. The first kappa shape index (κ1) is 19.6. The van der Waals surface area contributed by atoms with Crippen molar-refractivity contribution in [3.05, 3.63) is 40.6 Å². The minimum absolute atomic E-state index is 0.169. The highest BCUT2D eigenvalue weighted by Gasteiger charge is 2.39. The van der Waals surface area contributed by atoms with Gasteiger partial charge in [-0.15, -0.1) is 5.01 Å². The number of aliphatic hydroxyl groups is 1. The quantitative estimate of drug-likeness (QED) is 0.223. The summed E-state index contributed by atoms with van der Waals surface area (Å²) < 4.78 is 0. The molecule has 1 N–H and O–H groups in total. The molecule has 0 radical (unpaired) electrons. The summed E-state index contributed by atoms with van der Waals surface area (Å²) in [5.41, 5.74) is 0.624. The molecule has 1 aromatic carbocycles. The van der Waals surface area contributed by atoms with Gasteiger partial charge in [0.25, 0.3) is 11.8 Å². The second-order valence-corrected chi connectivity index (χ2v) is 6.08. The van der Waals surface area contributed by atoms with Crippen molar-refractivity contribution in [1.82, 2.24) is 9.91 Å². The van der Waals surface area contributed by atoms with Crippen LogP contribution in [-0.4, -0.2) is 58.2 Å². The zero-order valence-corrected chi connectivity index (χ0v) is 15.0. The van der Waals surface area contributed by atoms with E-state index in [-0.39, 0.29) is 6.61 Å². The normalized spacial score (nSPS) is 15.2. The molecule has 1 unspecified atom stereocenters. The summed E-state index contributed by atoms with van der Waals surface area (Å²) in [7, 11) is 1.57. The molecule has 2 amide bonds. The van der Waals surface area contributed by atoms with Crippen molar-refractivity contribution >= 4 is 11.8 Å². The van der Waals surface area contributed by atoms with E-state index in [1.807, 2.05) is 0 Å². The Labute approximate surface area is 152 Å². The number of hydrogen-bond donors (Lipinski definition) is 1. The molecule has 2 rings (SSSR count). The summed E-state index contributed by atoms with van der Waals surface area (Å²) in [6.45, 7) is 2.12. The molecular weight excluding hydrogens is 340 g/mol. The number of unbranched alkanes of at least 4 members (excludes halogenated alkanes) is 3. The number of rotatable bonds is 10. The average Bonchev–Trinajstić information content (AvgIpc) is 2.90. The number of imide groups is 1. The van der Waals surface area contributed by atoms with Crippen molar-refractivity contribution in [2.24, 2.45) is 5.28 Å². The lowest BCUT2D eigenvalue weighted by atomic mass is 10.1. The summed E-state index contributed by atoms with van der Waals surface area (Å²) in [5, 5.41) is 25.4. The number of carbonyl (C=O) groups excluding carboxylic acids is 2. The standard InChI is InChI=1S/C17H24N4O5/c1-13(20-16(23)14-9-5-6-10-15(14)17(20)24)26-18-21(25)19(2)11-7-3-4-8-12-22/h5-6,9-10,13,22H,3-4,7-8,11-12H2,1-2H3. The predicted molar refractivity (Wildman–Crippen MR) is 91.7 cm³/mol. The summed E-state index contributed by atoms with van der Waals surface area (Å²) >= 11 is 0. The van der Waals surface area contributed by atoms with E-state index in [0.717, 1.165) is 30.6 Å². The number of aliphatic hydroxyl groups excluding tert-OH is 1. The van der Waals surface area contributed by atoms with Crippen LogP contribution in [0, 0.1) is 5.21 Å². The van der Waals surface area contributed by atoms with E-state index in [1.54, 1.807) is 31.3 Å². The first-order chi connectivity index (χ1) is 12.5. The highest BCUT2D eigenvalue weighted by atomic mass is 16.7. The van der Waals surface area contributed by atoms with Gasteiger partial charge in [0.05, 0.1) is 29.7 Å². The van der Waals surface area contributed by atoms with E-state index in [1.165, 1.54) is 11.9 Å². The lowest BCUT2D eigenvalue weighted by Gasteiger charge is -2.19. The van der Waals surface area contributed by atoms with Gasteiger partial charge in [-0.05, 0) is 31.9 Å². The minimum atomic E-state index is -1.00. The van der Waals surface area contributed by atoms with Crippen LogP contribution < -0.4 is 0 Å². The lowest BCUT2D eigenvalue weighted by Crippen LogP contribution is -2.39. The molecule has 0 fully saturated rings. The highest BCUT2D eigenvalue weighted by Crippen LogP contribution is 2.24. The fourth-order valence-corrected chi connectivity index (χ4v) is 2.65. The monoisotopic (exact) mass is 364 g/mol. The first-order valence-corrected chi connectivity index (χ1v) is 8.60. The third-order valence-electron chi connectivity index (χ3n) is 4.14. The molecule has 1 atom stereocenters. The largest absolute Gasteiger partial charge is 0.569 e. The summed E-state index contributed by atoms with van der Waals surface area (Å²) in [5.74, 6) is -0.939. The van der Waals surface area contributed by atoms with Gasteiger partial charge in [-0.1, -0.05) is 25.0 Å². The van der Waals surface area contributed by atoms with Crippen LogP contribution in [0.3, 0.4) is 0 Å². The number of carbonyl (C=O) groups is 2. The molecule has 0 bridgehead atoms. The molecule has 142 valence electrons. The lowest BCUT2D eigenvalue weighted by molar-refractivity contribution is -0.707. The summed E-state index contributed by atoms with van der Waals surface area (Å²) in [4.78, 5) is 30.9. The Morgan fingerprint density at radius 1 is 1.19 bits per heavy atom. The Morgan fingerprint density at radius 2 is 1.77 bits per heavy atom. The topological polar surface area (TPSA) is 109 Å². The third-order valence-corrected chi connectivity index (χ3v) is 4.14. The van der Waals surface area contributed by atoms with Gasteiger partial charge in [-0.2, -0.15) is 0 Å². The third kappa shape index (κ3) is 4.48. The molecule has 0 aromatic heterocycles. The average molecular weight is 364 g/mol. The molecule has 0 spiro atoms. The smallest absolute Gasteiger partial charge is 0.264 e. The van der Waals surface area contributed by atoms with E-state index in [9.17, 15) is 14.8 Å². The van der Waals surface area contributed by atoms with E-state index >= 15 is 0 Å². The fraction of sp³-hybridized carbons (Fsp3) is 0.529. The van der Waals surface area contributed by atoms with E-state index in [4.69, 9.17) is 9.94 Å². The minimum Gasteiger partial charge on any atom is -0.569 e. The molecular formula is C17H24N4O5. The molecule has 1 aliphatic heterocycles. The number of benzene rings is 1. The van der Waals surface area contributed by atoms with Crippen molar-refractivity contribution in [1.29, 1.82) is 0 Å². The van der Waals surface area contributed by atoms with Crippen molar-refractivity contribution in [3.8, 4) is 0 Å². The van der Waals surface area contributed by atoms with Gasteiger partial charge in [0.1, 0.15) is 0 Å². The maximum Gasteiger partial charge on any atom is 0.264 e. The molecule has 9 nitrogen and oxygen atoms in total. The second kappa shape index (κ2) is 9.14. The molecule has 0 aliphatic carbocycles. The van der Waals surface area contributed by atoms with E-state index in [0.29, 0.717) is 22.6 Å². The van der Waals surface area contributed by atoms with Gasteiger partial charge in [-0.25, -0.2) is 4.90 Å². The Bertz CT molecular complexity index is 644. The van der Waals surface area contributed by atoms with Gasteiger partial charge >= 0.3 is 0 Å². The zero-order valence-electron chi connectivity index (χ0n) is 15.0. The van der Waals surface area contributed by atoms with Crippen LogP contribution >= 0.6 is 0 Å². The van der Waals surface area contributed by atoms with Crippen LogP contribution in [0.2, 0.25) is 0 Å². The molecule has 0 saturated heterocycles. The van der Waals surface area contributed by atoms with Gasteiger partial charge in [-0.3, -0.25) is 9.59 Å². The van der Waals surface area contributed by atoms with Crippen molar-refractivity contribution in [2.75, 3.05) is 20.2 Å². The Morgan fingerprint density at radius 3 is 2.35 bits per heavy atom. The van der Waals surface area contributed by atoms with Gasteiger partial charge in [0.2, 0.25) is 11.5 Å². The van der Waals surface area contributed by atoms with Crippen LogP contribution in [0.15, 0.2) is 29.5 Å². The van der Waals surface area contributed by atoms with Gasteiger partial charge in [0, 0.05) is 6.61 Å². The van der Waals surface area contributed by atoms with Gasteiger partial charge < -0.3 is 15.2 Å². The molecule has 9 heteroatoms. The van der Waals surface area contributed by atoms with Gasteiger partial charge in [0.15, 0.2) is 0 Å². The molecule has 0 saturated carbocycles. The second-order valence-electron chi connectivity index (χ2n) is 6.08. The Hall–Kier alpha value is -2.68. The van der Waals surface area contributed by atoms with Crippen LogP contribution in [-0.2, 0) is 4.84 Å². The van der Waals surface area contributed by atoms with Crippen LogP contribution in [0.1, 0.15) is 53.3 Å². The molecule has 1 aromatic rings. The van der Waals surface area contributed by atoms with Crippen LogP contribution in [0.25, 0.3) is 0 Å². The van der Waals surface area contributed by atoms with E-state index in [2.05, 4.69) is 5.28 Å². The SMILES string of the molecule is CC(ON=[N+]([O-])N(C)CCCCCCO)N1C(=O)c2ccccc2C1=O. The van der Waals surface area contributed by atoms with Crippen molar-refractivity contribution in [2.45, 2.75) is 38.8 Å². The maximum atomic E-state index is 12.3. The Kier molecular flexibility index (Phi) is 6.90. The highest BCUT2D eigenvalue weighted by molar-refractivity contribution is 6.21. The zero-order chi connectivity index (χ0) is 19.1. The van der Waals surface area contributed by atoms with Crippen molar-refractivity contribution in [3.63, 3.8) is 0 Å². The number of hydrazine groups is 1. The number of nitrogens with zero attached hydrogens (tertiary/aromatic N) is 4. The number of hydrogen-bond acceptors (Lipinski definition) is 6. The van der Waals surface area contributed by atoms with Crippen LogP contribution in [0.4, 0.5) is 0 Å². The molecule has 1 aliphatic rings. The van der Waals surface area contributed by atoms with Crippen molar-refractivity contribution < 1.29 is 24.5 Å². The maximum absolute atomic E-state index is 12.3. The fourth-order valence-electron chi connectivity index (χ4n) is 2.65.